The van der Waals surface area contributed by atoms with E-state index in [2.05, 4.69) is 38.2 Å². The predicted octanol–water partition coefficient (Wildman–Crippen LogP) is 2.62. The molecule has 0 spiro atoms. The average molecular weight is 205 g/mol. The van der Waals surface area contributed by atoms with Crippen LogP contribution in [-0.2, 0) is 16.8 Å². The van der Waals surface area contributed by atoms with E-state index in [1.807, 2.05) is 12.1 Å². The molecule has 0 aliphatic carbocycles. The molecule has 0 aliphatic rings. The molecule has 0 atom stereocenters. The van der Waals surface area contributed by atoms with Crippen LogP contribution in [0.3, 0.4) is 0 Å². The van der Waals surface area contributed by atoms with Crippen LogP contribution in [0.5, 0.6) is 0 Å². The molecule has 82 valence electrons. The minimum Gasteiger partial charge on any atom is -0.352 e. The first-order chi connectivity index (χ1) is 6.89. The van der Waals surface area contributed by atoms with E-state index in [1.165, 1.54) is 12.5 Å². The smallest absolute Gasteiger partial charge is 0.217 e. The Labute approximate surface area is 91.7 Å². The van der Waals surface area contributed by atoms with Gasteiger partial charge in [0, 0.05) is 13.5 Å². The Hall–Kier alpha value is -1.31. The normalized spacial score (nSPS) is 11.2. The molecule has 15 heavy (non-hydrogen) atoms. The van der Waals surface area contributed by atoms with Gasteiger partial charge in [-0.2, -0.15) is 0 Å². The molecule has 0 heterocycles. The number of carbonyl (C=O) groups excluding carboxylic acids is 1. The van der Waals surface area contributed by atoms with Gasteiger partial charge in [-0.25, -0.2) is 0 Å². The molecular weight excluding hydrogens is 186 g/mol. The first kappa shape index (κ1) is 11.8. The summed E-state index contributed by atoms with van der Waals surface area (Å²) in [5.41, 5.74) is 2.61. The molecule has 2 nitrogen and oxygen atoms in total. The lowest BCUT2D eigenvalue weighted by Crippen LogP contribution is -2.19. The molecule has 2 heteroatoms. The largest absolute Gasteiger partial charge is 0.352 e. The Morgan fingerprint density at radius 2 is 2.00 bits per heavy atom. The maximum absolute atomic E-state index is 10.8. The maximum atomic E-state index is 10.8. The molecule has 0 radical (unpaired) electrons. The van der Waals surface area contributed by atoms with Crippen LogP contribution in [0.15, 0.2) is 24.3 Å². The molecule has 0 saturated carbocycles. The molecule has 0 fully saturated rings. The van der Waals surface area contributed by atoms with Crippen molar-refractivity contribution in [2.45, 2.75) is 39.7 Å². The molecule has 0 aromatic heterocycles. The number of benzene rings is 1. The number of carbonyl (C=O) groups is 1. The van der Waals surface area contributed by atoms with Crippen molar-refractivity contribution in [2.24, 2.45) is 0 Å². The molecule has 1 rings (SSSR count). The van der Waals surface area contributed by atoms with E-state index < -0.39 is 0 Å². The summed E-state index contributed by atoms with van der Waals surface area (Å²) in [5, 5.41) is 2.80. The van der Waals surface area contributed by atoms with Gasteiger partial charge < -0.3 is 5.32 Å². The summed E-state index contributed by atoms with van der Waals surface area (Å²) in [6, 6.07) is 8.34. The number of nitrogens with one attached hydrogen (secondary N) is 1. The lowest BCUT2D eigenvalue weighted by molar-refractivity contribution is -0.119. The highest BCUT2D eigenvalue weighted by molar-refractivity contribution is 5.72. The van der Waals surface area contributed by atoms with Gasteiger partial charge in [0.2, 0.25) is 5.91 Å². The van der Waals surface area contributed by atoms with Gasteiger partial charge >= 0.3 is 0 Å². The van der Waals surface area contributed by atoms with Crippen molar-refractivity contribution in [3.05, 3.63) is 35.4 Å². The summed E-state index contributed by atoms with van der Waals surface area (Å²) in [5.74, 6) is 0.0103. The monoisotopic (exact) mass is 205 g/mol. The van der Waals surface area contributed by atoms with Gasteiger partial charge in [-0.3, -0.25) is 4.79 Å². The maximum Gasteiger partial charge on any atom is 0.217 e. The highest BCUT2D eigenvalue weighted by atomic mass is 16.1. The van der Waals surface area contributed by atoms with Crippen molar-refractivity contribution < 1.29 is 4.79 Å². The van der Waals surface area contributed by atoms with Crippen LogP contribution >= 0.6 is 0 Å². The second-order valence-corrected chi connectivity index (χ2v) is 4.86. The second-order valence-electron chi connectivity index (χ2n) is 4.86. The Balaban J connectivity index is 2.79. The molecular formula is C13H19NO. The van der Waals surface area contributed by atoms with E-state index in [0.29, 0.717) is 6.54 Å². The summed E-state index contributed by atoms with van der Waals surface area (Å²) in [6.07, 6.45) is 0. The molecule has 0 saturated heterocycles. The zero-order valence-electron chi connectivity index (χ0n) is 9.92. The van der Waals surface area contributed by atoms with Crippen molar-refractivity contribution in [1.82, 2.24) is 5.32 Å². The van der Waals surface area contributed by atoms with Gasteiger partial charge in [0.05, 0.1) is 0 Å². The van der Waals surface area contributed by atoms with E-state index in [1.54, 1.807) is 0 Å². The summed E-state index contributed by atoms with van der Waals surface area (Å²) in [6.45, 7) is 8.70. The fourth-order valence-electron chi connectivity index (χ4n) is 1.37. The first-order valence-corrected chi connectivity index (χ1v) is 5.23. The zero-order chi connectivity index (χ0) is 11.5. The lowest BCUT2D eigenvalue weighted by Gasteiger charge is -2.19. The van der Waals surface area contributed by atoms with Gasteiger partial charge in [-0.1, -0.05) is 45.0 Å². The van der Waals surface area contributed by atoms with Gasteiger partial charge in [-0.15, -0.1) is 0 Å². The highest BCUT2D eigenvalue weighted by Gasteiger charge is 2.13. The quantitative estimate of drug-likeness (QED) is 0.790. The van der Waals surface area contributed by atoms with Crippen LogP contribution in [0.4, 0.5) is 0 Å². The standard InChI is InChI=1S/C13H19NO/c1-10(15)14-9-11-6-5-7-12(8-11)13(2,3)4/h5-8H,9H2,1-4H3,(H,14,15). The third kappa shape index (κ3) is 3.74. The summed E-state index contributed by atoms with van der Waals surface area (Å²) < 4.78 is 0. The van der Waals surface area contributed by atoms with Gasteiger partial charge in [0.1, 0.15) is 0 Å². The van der Waals surface area contributed by atoms with Crippen LogP contribution in [0.25, 0.3) is 0 Å². The van der Waals surface area contributed by atoms with E-state index in [4.69, 9.17) is 0 Å². The van der Waals surface area contributed by atoms with Crippen LogP contribution in [-0.4, -0.2) is 5.91 Å². The SMILES string of the molecule is CC(=O)NCc1cccc(C(C)(C)C)c1. The number of amides is 1. The Morgan fingerprint density at radius 1 is 1.33 bits per heavy atom. The van der Waals surface area contributed by atoms with Gasteiger partial charge in [-0.05, 0) is 16.5 Å². The van der Waals surface area contributed by atoms with Crippen LogP contribution < -0.4 is 5.32 Å². The number of hydrogen-bond donors (Lipinski definition) is 1. The van der Waals surface area contributed by atoms with Crippen molar-refractivity contribution in [3.63, 3.8) is 0 Å². The van der Waals surface area contributed by atoms with Crippen LogP contribution in [0, 0.1) is 0 Å². The van der Waals surface area contributed by atoms with Crippen LogP contribution in [0.2, 0.25) is 0 Å². The fraction of sp³-hybridized carbons (Fsp3) is 0.462. The van der Waals surface area contributed by atoms with E-state index in [0.717, 1.165) is 5.56 Å². The van der Waals surface area contributed by atoms with Crippen LogP contribution in [0.1, 0.15) is 38.8 Å². The van der Waals surface area contributed by atoms with E-state index in [-0.39, 0.29) is 11.3 Å². The van der Waals surface area contributed by atoms with Crippen molar-refractivity contribution in [3.8, 4) is 0 Å². The first-order valence-electron chi connectivity index (χ1n) is 5.23. The Morgan fingerprint density at radius 3 is 2.53 bits per heavy atom. The molecule has 1 aromatic rings. The second kappa shape index (κ2) is 4.47. The molecule has 1 amide bonds. The van der Waals surface area contributed by atoms with E-state index >= 15 is 0 Å². The molecule has 0 bridgehead atoms. The third-order valence-electron chi connectivity index (χ3n) is 2.33. The van der Waals surface area contributed by atoms with Gasteiger partial charge in [0.25, 0.3) is 0 Å². The minimum atomic E-state index is 0.0103. The van der Waals surface area contributed by atoms with E-state index in [9.17, 15) is 4.79 Å². The van der Waals surface area contributed by atoms with Crippen molar-refractivity contribution in [2.75, 3.05) is 0 Å². The molecule has 0 aliphatic heterocycles. The molecule has 0 unspecified atom stereocenters. The predicted molar refractivity (Wildman–Crippen MR) is 62.7 cm³/mol. The number of hydrogen-bond acceptors (Lipinski definition) is 1. The lowest BCUT2D eigenvalue weighted by atomic mass is 9.86. The Bertz CT molecular complexity index is 350. The minimum absolute atomic E-state index is 0.0103. The summed E-state index contributed by atoms with van der Waals surface area (Å²) >= 11 is 0. The van der Waals surface area contributed by atoms with Crippen molar-refractivity contribution >= 4 is 5.91 Å². The average Bonchev–Trinajstić information content (AvgIpc) is 2.14. The third-order valence-corrected chi connectivity index (χ3v) is 2.33. The summed E-state index contributed by atoms with van der Waals surface area (Å²) in [7, 11) is 0. The topological polar surface area (TPSA) is 29.1 Å². The zero-order valence-corrected chi connectivity index (χ0v) is 9.92. The Kier molecular flexibility index (Phi) is 3.51. The highest BCUT2D eigenvalue weighted by Crippen LogP contribution is 2.22. The summed E-state index contributed by atoms with van der Waals surface area (Å²) in [4.78, 5) is 10.8. The molecule has 1 N–H and O–H groups in total. The fourth-order valence-corrected chi connectivity index (χ4v) is 1.37. The van der Waals surface area contributed by atoms with Gasteiger partial charge in [0.15, 0.2) is 0 Å². The number of rotatable bonds is 2. The van der Waals surface area contributed by atoms with Crippen molar-refractivity contribution in [1.29, 1.82) is 0 Å². The molecule has 1 aromatic carbocycles.